The zero-order valence-corrected chi connectivity index (χ0v) is 11.9. The molecule has 1 aliphatic heterocycles. The Hall–Kier alpha value is -2.11. The highest BCUT2D eigenvalue weighted by molar-refractivity contribution is 6.33. The van der Waals surface area contributed by atoms with Gasteiger partial charge >= 0.3 is 0 Å². The molecule has 3 rings (SSSR count). The number of benzene rings is 1. The predicted octanol–water partition coefficient (Wildman–Crippen LogP) is 2.65. The van der Waals surface area contributed by atoms with Gasteiger partial charge in [0.25, 0.3) is 5.91 Å². The second-order valence-electron chi connectivity index (χ2n) is 5.01. The number of anilines is 1. The summed E-state index contributed by atoms with van der Waals surface area (Å²) in [5.41, 5.74) is -0.511. The molecule has 0 saturated heterocycles. The first kappa shape index (κ1) is 13.9. The second-order valence-corrected chi connectivity index (χ2v) is 5.41. The van der Waals surface area contributed by atoms with Crippen LogP contribution in [0.5, 0.6) is 0 Å². The van der Waals surface area contributed by atoms with Crippen molar-refractivity contribution in [2.75, 3.05) is 5.32 Å². The van der Waals surface area contributed by atoms with E-state index < -0.39 is 23.7 Å². The monoisotopic (exact) mass is 305 g/mol. The fourth-order valence-electron chi connectivity index (χ4n) is 2.50. The molecule has 21 heavy (non-hydrogen) atoms. The molecule has 0 bridgehead atoms. The minimum Gasteiger partial charge on any atom is -0.461 e. The smallest absolute Gasteiger partial charge is 0.261 e. The number of carbonyl (C=O) groups is 2. The van der Waals surface area contributed by atoms with Gasteiger partial charge in [-0.2, -0.15) is 0 Å². The van der Waals surface area contributed by atoms with E-state index in [1.54, 1.807) is 25.1 Å². The molecule has 0 aliphatic carbocycles. The topological polar surface area (TPSA) is 79.5 Å². The van der Waals surface area contributed by atoms with Gasteiger partial charge in [-0.3, -0.25) is 9.59 Å². The highest BCUT2D eigenvalue weighted by Crippen LogP contribution is 2.44. The number of hydrogen-bond donors (Lipinski definition) is 2. The quantitative estimate of drug-likeness (QED) is 0.854. The van der Waals surface area contributed by atoms with E-state index in [1.165, 1.54) is 12.3 Å². The number of Topliss-reactive ketones (excluding diaryl/α,β-unsaturated/α-hetero) is 1. The van der Waals surface area contributed by atoms with Crippen molar-refractivity contribution in [1.82, 2.24) is 0 Å². The minimum atomic E-state index is -1.98. The Morgan fingerprint density at radius 2 is 2.19 bits per heavy atom. The maximum absolute atomic E-state index is 12.2. The van der Waals surface area contributed by atoms with E-state index in [-0.39, 0.29) is 16.3 Å². The van der Waals surface area contributed by atoms with Gasteiger partial charge in [0.1, 0.15) is 0 Å². The molecular formula is C15H12ClNO4. The fourth-order valence-corrected chi connectivity index (χ4v) is 2.82. The number of hydrogen-bond acceptors (Lipinski definition) is 4. The molecule has 5 nitrogen and oxygen atoms in total. The van der Waals surface area contributed by atoms with Crippen LogP contribution in [0.25, 0.3) is 0 Å². The molecule has 1 atom stereocenters. The molecule has 0 spiro atoms. The van der Waals surface area contributed by atoms with E-state index in [4.69, 9.17) is 16.0 Å². The number of carbonyl (C=O) groups excluding carboxylic acids is 2. The van der Waals surface area contributed by atoms with Gasteiger partial charge in [0.15, 0.2) is 11.4 Å². The largest absolute Gasteiger partial charge is 0.461 e. The summed E-state index contributed by atoms with van der Waals surface area (Å²) in [6.07, 6.45) is 0.930. The number of nitrogens with one attached hydrogen (secondary N) is 1. The Bertz CT molecular complexity index is 738. The molecule has 1 amide bonds. The van der Waals surface area contributed by atoms with Crippen molar-refractivity contribution < 1.29 is 19.1 Å². The van der Waals surface area contributed by atoms with E-state index in [0.717, 1.165) is 5.56 Å². The summed E-state index contributed by atoms with van der Waals surface area (Å²) < 4.78 is 5.00. The van der Waals surface area contributed by atoms with Crippen LogP contribution in [0.15, 0.2) is 34.9 Å². The van der Waals surface area contributed by atoms with E-state index in [0.29, 0.717) is 5.69 Å². The van der Waals surface area contributed by atoms with Crippen LogP contribution >= 0.6 is 11.6 Å². The number of aliphatic hydroxyl groups is 1. The lowest BCUT2D eigenvalue weighted by atomic mass is 9.88. The Morgan fingerprint density at radius 3 is 2.86 bits per heavy atom. The number of aryl methyl sites for hydroxylation is 1. The molecule has 2 heterocycles. The summed E-state index contributed by atoms with van der Waals surface area (Å²) >= 11 is 6.11. The Labute approximate surface area is 125 Å². The molecule has 1 aliphatic rings. The van der Waals surface area contributed by atoms with Gasteiger partial charge in [0.2, 0.25) is 5.78 Å². The lowest BCUT2D eigenvalue weighted by Crippen LogP contribution is -2.36. The molecule has 1 aromatic heterocycles. The van der Waals surface area contributed by atoms with Crippen LogP contribution in [0.2, 0.25) is 5.02 Å². The van der Waals surface area contributed by atoms with Crippen molar-refractivity contribution in [3.63, 3.8) is 0 Å². The van der Waals surface area contributed by atoms with Crippen molar-refractivity contribution in [2.24, 2.45) is 0 Å². The molecule has 6 heteroatoms. The molecular weight excluding hydrogens is 294 g/mol. The van der Waals surface area contributed by atoms with Crippen molar-refractivity contribution in [2.45, 2.75) is 18.9 Å². The van der Waals surface area contributed by atoms with Gasteiger partial charge in [-0.05, 0) is 30.7 Å². The number of amides is 1. The summed E-state index contributed by atoms with van der Waals surface area (Å²) in [6.45, 7) is 1.79. The van der Waals surface area contributed by atoms with Gasteiger partial charge < -0.3 is 14.8 Å². The standard InChI is InChI=1S/C15H12ClNO4/c1-8-4-5-9(16)12-13(8)17-14(19)15(12,20)7-10(18)11-3-2-6-21-11/h2-6,20H,7H2,1H3,(H,17,19). The van der Waals surface area contributed by atoms with Crippen LogP contribution in [0.1, 0.15) is 28.1 Å². The van der Waals surface area contributed by atoms with E-state index in [2.05, 4.69) is 5.32 Å². The maximum atomic E-state index is 12.2. The third-order valence-electron chi connectivity index (χ3n) is 3.60. The second kappa shape index (κ2) is 4.72. The molecule has 108 valence electrons. The zero-order valence-electron chi connectivity index (χ0n) is 11.1. The first-order valence-corrected chi connectivity index (χ1v) is 6.71. The van der Waals surface area contributed by atoms with Gasteiger partial charge in [-0.1, -0.05) is 17.7 Å². The Balaban J connectivity index is 2.05. The molecule has 1 aromatic carbocycles. The summed E-state index contributed by atoms with van der Waals surface area (Å²) in [4.78, 5) is 24.3. The molecule has 1 unspecified atom stereocenters. The predicted molar refractivity (Wildman–Crippen MR) is 76.4 cm³/mol. The Morgan fingerprint density at radius 1 is 1.43 bits per heavy atom. The van der Waals surface area contributed by atoms with Crippen molar-refractivity contribution >= 4 is 29.0 Å². The van der Waals surface area contributed by atoms with Gasteiger partial charge in [-0.15, -0.1) is 0 Å². The lowest BCUT2D eigenvalue weighted by molar-refractivity contribution is -0.133. The first-order chi connectivity index (χ1) is 9.93. The first-order valence-electron chi connectivity index (χ1n) is 6.33. The van der Waals surface area contributed by atoms with Gasteiger partial charge in [0, 0.05) is 10.6 Å². The van der Waals surface area contributed by atoms with Crippen LogP contribution < -0.4 is 5.32 Å². The number of furan rings is 1. The van der Waals surface area contributed by atoms with Crippen LogP contribution in [0.4, 0.5) is 5.69 Å². The van der Waals surface area contributed by atoms with Crippen LogP contribution in [-0.4, -0.2) is 16.8 Å². The average molecular weight is 306 g/mol. The third kappa shape index (κ3) is 2.05. The van der Waals surface area contributed by atoms with Crippen molar-refractivity contribution in [3.05, 3.63) is 52.4 Å². The molecule has 0 fully saturated rings. The molecule has 0 saturated carbocycles. The van der Waals surface area contributed by atoms with Gasteiger partial charge in [-0.25, -0.2) is 0 Å². The summed E-state index contributed by atoms with van der Waals surface area (Å²) in [5.74, 6) is -1.04. The summed E-state index contributed by atoms with van der Waals surface area (Å²) in [7, 11) is 0. The molecule has 0 radical (unpaired) electrons. The highest BCUT2D eigenvalue weighted by atomic mass is 35.5. The molecule has 2 N–H and O–H groups in total. The number of rotatable bonds is 3. The third-order valence-corrected chi connectivity index (χ3v) is 3.92. The zero-order chi connectivity index (χ0) is 15.2. The minimum absolute atomic E-state index is 0.0912. The SMILES string of the molecule is Cc1ccc(Cl)c2c1NC(=O)C2(O)CC(=O)c1ccco1. The van der Waals surface area contributed by atoms with Crippen molar-refractivity contribution in [3.8, 4) is 0 Å². The van der Waals surface area contributed by atoms with Crippen molar-refractivity contribution in [1.29, 1.82) is 0 Å². The Kier molecular flexibility index (Phi) is 3.11. The maximum Gasteiger partial charge on any atom is 0.261 e. The van der Waals surface area contributed by atoms with E-state index >= 15 is 0 Å². The summed E-state index contributed by atoms with van der Waals surface area (Å²) in [6, 6.07) is 6.38. The normalized spacial score (nSPS) is 20.2. The average Bonchev–Trinajstić information content (AvgIpc) is 3.03. The van der Waals surface area contributed by atoms with Crippen LogP contribution in [0, 0.1) is 6.92 Å². The molecule has 2 aromatic rings. The highest BCUT2D eigenvalue weighted by Gasteiger charge is 2.49. The van der Waals surface area contributed by atoms with Crippen LogP contribution in [0.3, 0.4) is 0 Å². The van der Waals surface area contributed by atoms with E-state index in [1.807, 2.05) is 0 Å². The summed E-state index contributed by atoms with van der Waals surface area (Å²) in [5, 5.41) is 13.6. The van der Waals surface area contributed by atoms with Gasteiger partial charge in [0.05, 0.1) is 18.4 Å². The van der Waals surface area contributed by atoms with Crippen LogP contribution in [-0.2, 0) is 10.4 Å². The number of ketones is 1. The lowest BCUT2D eigenvalue weighted by Gasteiger charge is -2.20. The number of halogens is 1. The fraction of sp³-hybridized carbons (Fsp3) is 0.200. The number of fused-ring (bicyclic) bond motifs is 1. The van der Waals surface area contributed by atoms with E-state index in [9.17, 15) is 14.7 Å².